The minimum atomic E-state index is -0.189. The van der Waals surface area contributed by atoms with Gasteiger partial charge in [0.15, 0.2) is 0 Å². The fraction of sp³-hybridized carbons (Fsp3) is 0.304. The quantitative estimate of drug-likeness (QED) is 0.728. The molecule has 1 N–H and O–H groups in total. The largest absolute Gasteiger partial charge is 0.339 e. The molecule has 6 nitrogen and oxygen atoms in total. The first-order valence-corrected chi connectivity index (χ1v) is 9.88. The number of nitrogens with one attached hydrogen (secondary N) is 1. The number of aryl methyl sites for hydroxylation is 2. The van der Waals surface area contributed by atoms with E-state index in [1.54, 1.807) is 24.5 Å². The van der Waals surface area contributed by atoms with E-state index in [2.05, 4.69) is 27.1 Å². The molecule has 0 saturated heterocycles. The lowest BCUT2D eigenvalue weighted by atomic mass is 10.1. The number of carbonyl (C=O) groups excluding carboxylic acids is 1. The van der Waals surface area contributed by atoms with E-state index in [1.165, 1.54) is 11.1 Å². The number of H-pyrrole nitrogens is 1. The maximum absolute atomic E-state index is 12.8. The maximum Gasteiger partial charge on any atom is 0.254 e. The van der Waals surface area contributed by atoms with Crippen molar-refractivity contribution in [2.24, 2.45) is 0 Å². The summed E-state index contributed by atoms with van der Waals surface area (Å²) in [5, 5.41) is 0. The van der Waals surface area contributed by atoms with Crippen molar-refractivity contribution in [1.29, 1.82) is 0 Å². The molecule has 2 aromatic heterocycles. The van der Waals surface area contributed by atoms with Crippen molar-refractivity contribution in [1.82, 2.24) is 19.9 Å². The molecule has 148 valence electrons. The fourth-order valence-corrected chi connectivity index (χ4v) is 4.07. The summed E-state index contributed by atoms with van der Waals surface area (Å²) >= 11 is 0. The maximum atomic E-state index is 12.8. The van der Waals surface area contributed by atoms with E-state index in [0.717, 1.165) is 18.4 Å². The molecular weight excluding hydrogens is 364 g/mol. The van der Waals surface area contributed by atoms with Crippen molar-refractivity contribution < 1.29 is 4.79 Å². The molecule has 0 radical (unpaired) electrons. The van der Waals surface area contributed by atoms with Crippen LogP contribution in [-0.4, -0.2) is 32.8 Å². The molecule has 1 aliphatic rings. The Labute approximate surface area is 169 Å². The first kappa shape index (κ1) is 19.1. The first-order chi connectivity index (χ1) is 14.0. The summed E-state index contributed by atoms with van der Waals surface area (Å²) in [5.41, 5.74) is 4.40. The highest BCUT2D eigenvalue weighted by molar-refractivity contribution is 5.77. The zero-order valence-electron chi connectivity index (χ0n) is 16.7. The van der Waals surface area contributed by atoms with Crippen LogP contribution in [0, 0.1) is 6.92 Å². The smallest absolute Gasteiger partial charge is 0.254 e. The Balaban J connectivity index is 1.46. The number of rotatable bonds is 5. The van der Waals surface area contributed by atoms with Gasteiger partial charge in [0, 0.05) is 42.7 Å². The molecule has 4 rings (SSSR count). The Bertz CT molecular complexity index is 1090. The number of benzene rings is 1. The number of nitrogens with zero attached hydrogens (tertiary/aromatic N) is 3. The Hall–Kier alpha value is -3.28. The Morgan fingerprint density at radius 3 is 2.72 bits per heavy atom. The normalized spacial score (nSPS) is 15.2. The number of hydrogen-bond donors (Lipinski definition) is 1. The highest BCUT2D eigenvalue weighted by atomic mass is 16.2. The van der Waals surface area contributed by atoms with Crippen LogP contribution < -0.4 is 5.56 Å². The number of aromatic amines is 1. The van der Waals surface area contributed by atoms with Crippen LogP contribution in [0.1, 0.15) is 41.3 Å². The molecule has 0 aliphatic heterocycles. The molecule has 1 aromatic carbocycles. The van der Waals surface area contributed by atoms with Crippen molar-refractivity contribution in [3.05, 3.63) is 81.5 Å². The van der Waals surface area contributed by atoms with E-state index in [-0.39, 0.29) is 23.9 Å². The average molecular weight is 388 g/mol. The minimum Gasteiger partial charge on any atom is -0.339 e. The molecule has 1 aliphatic carbocycles. The average Bonchev–Trinajstić information content (AvgIpc) is 3.17. The predicted molar refractivity (Wildman–Crippen MR) is 111 cm³/mol. The van der Waals surface area contributed by atoms with Crippen molar-refractivity contribution in [2.75, 3.05) is 7.05 Å². The van der Waals surface area contributed by atoms with Crippen LogP contribution in [0.25, 0.3) is 11.4 Å². The summed E-state index contributed by atoms with van der Waals surface area (Å²) in [7, 11) is 1.86. The summed E-state index contributed by atoms with van der Waals surface area (Å²) in [6, 6.07) is 12.0. The molecule has 29 heavy (non-hydrogen) atoms. The number of pyridine rings is 1. The molecule has 0 saturated carbocycles. The molecule has 0 spiro atoms. The third-order valence-electron chi connectivity index (χ3n) is 5.73. The number of carbonyl (C=O) groups is 1. The standard InChI is InChI=1S/C23H24N4O2/c1-15-18(23(29)26-22(25-15)17-11-13-24-14-12-17)8-10-21(28)27(2)20-9-7-16-5-3-4-6-19(16)20/h3-6,11-14,20H,7-10H2,1-2H3,(H,25,26,29). The van der Waals surface area contributed by atoms with Gasteiger partial charge in [-0.2, -0.15) is 0 Å². The lowest BCUT2D eigenvalue weighted by Crippen LogP contribution is -2.31. The molecular formula is C23H24N4O2. The van der Waals surface area contributed by atoms with Gasteiger partial charge in [-0.15, -0.1) is 0 Å². The SMILES string of the molecule is Cc1nc(-c2ccncc2)[nH]c(=O)c1CCC(=O)N(C)C1CCc2ccccc21. The van der Waals surface area contributed by atoms with E-state index >= 15 is 0 Å². The summed E-state index contributed by atoms with van der Waals surface area (Å²) in [6.45, 7) is 1.82. The number of hydrogen-bond acceptors (Lipinski definition) is 4. The molecule has 1 unspecified atom stereocenters. The van der Waals surface area contributed by atoms with Crippen LogP contribution in [0.4, 0.5) is 0 Å². The Morgan fingerprint density at radius 1 is 1.21 bits per heavy atom. The van der Waals surface area contributed by atoms with Gasteiger partial charge in [-0.3, -0.25) is 14.6 Å². The lowest BCUT2D eigenvalue weighted by molar-refractivity contribution is -0.132. The van der Waals surface area contributed by atoms with Crippen LogP contribution in [0.5, 0.6) is 0 Å². The van der Waals surface area contributed by atoms with E-state index in [1.807, 2.05) is 31.0 Å². The number of amides is 1. The van der Waals surface area contributed by atoms with Crippen molar-refractivity contribution >= 4 is 5.91 Å². The predicted octanol–water partition coefficient (Wildman–Crippen LogP) is 3.22. The molecule has 0 bridgehead atoms. The summed E-state index contributed by atoms with van der Waals surface area (Å²) < 4.78 is 0. The topological polar surface area (TPSA) is 79.0 Å². The van der Waals surface area contributed by atoms with E-state index in [0.29, 0.717) is 23.5 Å². The second-order valence-electron chi connectivity index (χ2n) is 7.47. The molecule has 2 heterocycles. The molecule has 0 fully saturated rings. The molecule has 1 atom stereocenters. The lowest BCUT2D eigenvalue weighted by Gasteiger charge is -2.25. The highest BCUT2D eigenvalue weighted by Crippen LogP contribution is 2.35. The summed E-state index contributed by atoms with van der Waals surface area (Å²) in [6.07, 6.45) is 5.93. The zero-order chi connectivity index (χ0) is 20.4. The van der Waals surface area contributed by atoms with Gasteiger partial charge in [0.2, 0.25) is 5.91 Å². The number of aromatic nitrogens is 3. The fourth-order valence-electron chi connectivity index (χ4n) is 4.07. The van der Waals surface area contributed by atoms with E-state index in [9.17, 15) is 9.59 Å². The molecule has 6 heteroatoms. The van der Waals surface area contributed by atoms with Crippen LogP contribution >= 0.6 is 0 Å². The first-order valence-electron chi connectivity index (χ1n) is 9.88. The van der Waals surface area contributed by atoms with Crippen LogP contribution in [0.2, 0.25) is 0 Å². The Kier molecular flexibility index (Phi) is 5.25. The molecule has 1 amide bonds. The van der Waals surface area contributed by atoms with Gasteiger partial charge in [-0.1, -0.05) is 24.3 Å². The monoisotopic (exact) mass is 388 g/mol. The van der Waals surface area contributed by atoms with Gasteiger partial charge in [-0.25, -0.2) is 4.98 Å². The minimum absolute atomic E-state index is 0.0451. The van der Waals surface area contributed by atoms with Gasteiger partial charge in [-0.05, 0) is 49.4 Å². The van der Waals surface area contributed by atoms with E-state index in [4.69, 9.17) is 0 Å². The van der Waals surface area contributed by atoms with E-state index < -0.39 is 0 Å². The summed E-state index contributed by atoms with van der Waals surface area (Å²) in [5.74, 6) is 0.563. The van der Waals surface area contributed by atoms with Crippen molar-refractivity contribution in [2.45, 2.75) is 38.6 Å². The van der Waals surface area contributed by atoms with Gasteiger partial charge >= 0.3 is 0 Å². The zero-order valence-corrected chi connectivity index (χ0v) is 16.7. The van der Waals surface area contributed by atoms with Gasteiger partial charge in [0.05, 0.1) is 6.04 Å². The van der Waals surface area contributed by atoms with Crippen molar-refractivity contribution in [3.63, 3.8) is 0 Å². The van der Waals surface area contributed by atoms with Gasteiger partial charge < -0.3 is 9.88 Å². The van der Waals surface area contributed by atoms with Crippen LogP contribution in [-0.2, 0) is 17.6 Å². The second kappa shape index (κ2) is 7.99. The van der Waals surface area contributed by atoms with Gasteiger partial charge in [0.1, 0.15) is 5.82 Å². The third kappa shape index (κ3) is 3.83. The highest BCUT2D eigenvalue weighted by Gasteiger charge is 2.28. The van der Waals surface area contributed by atoms with Gasteiger partial charge in [0.25, 0.3) is 5.56 Å². The van der Waals surface area contributed by atoms with Crippen LogP contribution in [0.3, 0.4) is 0 Å². The summed E-state index contributed by atoms with van der Waals surface area (Å²) in [4.78, 5) is 38.6. The van der Waals surface area contributed by atoms with Crippen molar-refractivity contribution in [3.8, 4) is 11.4 Å². The number of fused-ring (bicyclic) bond motifs is 1. The third-order valence-corrected chi connectivity index (χ3v) is 5.73. The Morgan fingerprint density at radius 2 is 1.97 bits per heavy atom. The van der Waals surface area contributed by atoms with Crippen LogP contribution in [0.15, 0.2) is 53.6 Å². The molecule has 3 aromatic rings. The second-order valence-corrected chi connectivity index (χ2v) is 7.47.